The Balaban J connectivity index is 1.96. The Morgan fingerprint density at radius 3 is 2.79 bits per heavy atom. The minimum atomic E-state index is 0.224. The summed E-state index contributed by atoms with van der Waals surface area (Å²) in [5.74, 6) is 0.224. The normalized spacial score (nSPS) is 10.8. The van der Waals surface area contributed by atoms with Crippen molar-refractivity contribution in [2.24, 2.45) is 7.05 Å². The molecule has 0 aliphatic rings. The standard InChI is InChI=1S/C18H14N6/c1-23-17(5-6-21-23)14-9-16(22-18(20)15(14)10-19)12-8-13-4-2-3-7-24(13)11-12/h2-9,11H,1H3,(H2,20,22). The van der Waals surface area contributed by atoms with Gasteiger partial charge in [0.2, 0.25) is 0 Å². The van der Waals surface area contributed by atoms with Gasteiger partial charge < -0.3 is 10.1 Å². The van der Waals surface area contributed by atoms with Gasteiger partial charge in [-0.05, 0) is 30.3 Å². The molecule has 0 fully saturated rings. The second kappa shape index (κ2) is 5.25. The van der Waals surface area contributed by atoms with Crippen molar-refractivity contribution in [1.29, 1.82) is 5.26 Å². The number of fused-ring (bicyclic) bond motifs is 1. The summed E-state index contributed by atoms with van der Waals surface area (Å²) >= 11 is 0. The van der Waals surface area contributed by atoms with Gasteiger partial charge in [-0.25, -0.2) is 4.98 Å². The number of anilines is 1. The summed E-state index contributed by atoms with van der Waals surface area (Å²) in [6.45, 7) is 0. The van der Waals surface area contributed by atoms with Crippen LogP contribution in [0.1, 0.15) is 5.56 Å². The van der Waals surface area contributed by atoms with Gasteiger partial charge in [-0.3, -0.25) is 4.68 Å². The minimum absolute atomic E-state index is 0.224. The van der Waals surface area contributed by atoms with E-state index in [1.807, 2.05) is 60.2 Å². The van der Waals surface area contributed by atoms with Crippen LogP contribution in [0.2, 0.25) is 0 Å². The number of hydrogen-bond acceptors (Lipinski definition) is 4. The lowest BCUT2D eigenvalue weighted by atomic mass is 10.0. The van der Waals surface area contributed by atoms with E-state index in [2.05, 4.69) is 16.2 Å². The molecule has 4 rings (SSSR count). The second-order valence-electron chi connectivity index (χ2n) is 5.53. The summed E-state index contributed by atoms with van der Waals surface area (Å²) in [5, 5.41) is 13.6. The molecule has 0 aliphatic heterocycles. The molecule has 116 valence electrons. The molecule has 0 amide bonds. The lowest BCUT2D eigenvalue weighted by molar-refractivity contribution is 0.775. The van der Waals surface area contributed by atoms with Gasteiger partial charge in [0.25, 0.3) is 0 Å². The summed E-state index contributed by atoms with van der Waals surface area (Å²) in [7, 11) is 1.83. The first kappa shape index (κ1) is 14.0. The van der Waals surface area contributed by atoms with Gasteiger partial charge in [0.05, 0.1) is 11.4 Å². The van der Waals surface area contributed by atoms with Crippen LogP contribution in [-0.4, -0.2) is 19.2 Å². The highest BCUT2D eigenvalue weighted by Gasteiger charge is 2.16. The Kier molecular flexibility index (Phi) is 3.07. The quantitative estimate of drug-likeness (QED) is 0.616. The smallest absolute Gasteiger partial charge is 0.142 e. The van der Waals surface area contributed by atoms with E-state index in [9.17, 15) is 5.26 Å². The first-order valence-corrected chi connectivity index (χ1v) is 7.43. The summed E-state index contributed by atoms with van der Waals surface area (Å²) in [6.07, 6.45) is 5.67. The fourth-order valence-corrected chi connectivity index (χ4v) is 2.87. The first-order valence-electron chi connectivity index (χ1n) is 7.43. The van der Waals surface area contributed by atoms with Crippen molar-refractivity contribution < 1.29 is 0 Å². The molecule has 0 radical (unpaired) electrons. The maximum absolute atomic E-state index is 9.46. The molecule has 24 heavy (non-hydrogen) atoms. The van der Waals surface area contributed by atoms with Crippen molar-refractivity contribution in [3.63, 3.8) is 0 Å². The molecule has 2 N–H and O–H groups in total. The lowest BCUT2D eigenvalue weighted by Crippen LogP contribution is -2.02. The maximum Gasteiger partial charge on any atom is 0.142 e. The van der Waals surface area contributed by atoms with Gasteiger partial charge in [0, 0.05) is 42.3 Å². The molecule has 0 bridgehead atoms. The van der Waals surface area contributed by atoms with Crippen LogP contribution in [0.15, 0.2) is 55.0 Å². The SMILES string of the molecule is Cn1nccc1-c1cc(-c2cc3ccccn3c2)nc(N)c1C#N. The van der Waals surface area contributed by atoms with Gasteiger partial charge in [-0.2, -0.15) is 10.4 Å². The molecule has 4 aromatic heterocycles. The third-order valence-corrected chi connectivity index (χ3v) is 4.06. The summed E-state index contributed by atoms with van der Waals surface area (Å²) in [4.78, 5) is 4.42. The van der Waals surface area contributed by atoms with Gasteiger partial charge in [0.15, 0.2) is 0 Å². The van der Waals surface area contributed by atoms with E-state index in [4.69, 9.17) is 5.73 Å². The number of nitrogens with two attached hydrogens (primary N) is 1. The van der Waals surface area contributed by atoms with Crippen molar-refractivity contribution in [2.75, 3.05) is 5.73 Å². The van der Waals surface area contributed by atoms with Crippen LogP contribution in [0, 0.1) is 11.3 Å². The zero-order valence-corrected chi connectivity index (χ0v) is 13.0. The number of aryl methyl sites for hydroxylation is 1. The molecular formula is C18H14N6. The number of aromatic nitrogens is 4. The van der Waals surface area contributed by atoms with Gasteiger partial charge in [0.1, 0.15) is 17.5 Å². The highest BCUT2D eigenvalue weighted by atomic mass is 15.3. The van der Waals surface area contributed by atoms with E-state index in [0.29, 0.717) is 5.56 Å². The van der Waals surface area contributed by atoms with Crippen molar-refractivity contribution in [2.45, 2.75) is 0 Å². The summed E-state index contributed by atoms with van der Waals surface area (Å²) in [5.41, 5.74) is 10.7. The van der Waals surface area contributed by atoms with E-state index in [1.165, 1.54) is 0 Å². The molecule has 4 heterocycles. The number of nitrogen functional groups attached to an aromatic ring is 1. The second-order valence-corrected chi connectivity index (χ2v) is 5.53. The molecule has 0 saturated heterocycles. The van der Waals surface area contributed by atoms with Crippen molar-refractivity contribution in [3.8, 4) is 28.6 Å². The Hall–Kier alpha value is -3.59. The Morgan fingerprint density at radius 1 is 1.21 bits per heavy atom. The number of hydrogen-bond donors (Lipinski definition) is 1. The van der Waals surface area contributed by atoms with Crippen LogP contribution in [0.4, 0.5) is 5.82 Å². The average Bonchev–Trinajstić information content (AvgIpc) is 3.20. The average molecular weight is 314 g/mol. The van der Waals surface area contributed by atoms with Crippen LogP contribution >= 0.6 is 0 Å². The first-order chi connectivity index (χ1) is 11.7. The molecule has 6 heteroatoms. The molecule has 0 aliphatic carbocycles. The summed E-state index contributed by atoms with van der Waals surface area (Å²) in [6, 6.07) is 13.9. The van der Waals surface area contributed by atoms with Gasteiger partial charge >= 0.3 is 0 Å². The Morgan fingerprint density at radius 2 is 2.08 bits per heavy atom. The van der Waals surface area contributed by atoms with E-state index in [0.717, 1.165) is 28.0 Å². The maximum atomic E-state index is 9.46. The molecule has 0 saturated carbocycles. The van der Waals surface area contributed by atoms with Crippen LogP contribution in [0.5, 0.6) is 0 Å². The van der Waals surface area contributed by atoms with Crippen molar-refractivity contribution in [1.82, 2.24) is 19.2 Å². The fourth-order valence-electron chi connectivity index (χ4n) is 2.87. The third kappa shape index (κ3) is 2.11. The van der Waals surface area contributed by atoms with Crippen LogP contribution in [0.25, 0.3) is 28.0 Å². The Labute approximate surface area is 138 Å². The molecule has 0 spiro atoms. The Bertz CT molecular complexity index is 1060. The van der Waals surface area contributed by atoms with Crippen LogP contribution < -0.4 is 5.73 Å². The van der Waals surface area contributed by atoms with Gasteiger partial charge in [-0.1, -0.05) is 6.07 Å². The predicted octanol–water partition coefficient (Wildman–Crippen LogP) is 2.86. The molecule has 6 nitrogen and oxygen atoms in total. The zero-order chi connectivity index (χ0) is 16.7. The number of pyridine rings is 2. The number of nitriles is 1. The van der Waals surface area contributed by atoms with E-state index >= 15 is 0 Å². The molecule has 0 aromatic carbocycles. The number of rotatable bonds is 2. The van der Waals surface area contributed by atoms with Crippen LogP contribution in [-0.2, 0) is 7.05 Å². The lowest BCUT2D eigenvalue weighted by Gasteiger charge is -2.09. The highest BCUT2D eigenvalue weighted by molar-refractivity contribution is 5.79. The van der Waals surface area contributed by atoms with Crippen LogP contribution in [0.3, 0.4) is 0 Å². The monoisotopic (exact) mass is 314 g/mol. The fraction of sp³-hybridized carbons (Fsp3) is 0.0556. The van der Waals surface area contributed by atoms with E-state index < -0.39 is 0 Å². The third-order valence-electron chi connectivity index (χ3n) is 4.06. The zero-order valence-electron chi connectivity index (χ0n) is 13.0. The van der Waals surface area contributed by atoms with Crippen molar-refractivity contribution in [3.05, 3.63) is 60.6 Å². The molecular weight excluding hydrogens is 300 g/mol. The molecule has 0 unspecified atom stereocenters. The van der Waals surface area contributed by atoms with E-state index in [1.54, 1.807) is 10.9 Å². The minimum Gasteiger partial charge on any atom is -0.383 e. The molecule has 0 atom stereocenters. The van der Waals surface area contributed by atoms with Crippen molar-refractivity contribution >= 4 is 11.3 Å². The predicted molar refractivity (Wildman–Crippen MR) is 92.0 cm³/mol. The van der Waals surface area contributed by atoms with E-state index in [-0.39, 0.29) is 5.82 Å². The number of nitrogens with zero attached hydrogens (tertiary/aromatic N) is 5. The topological polar surface area (TPSA) is 84.9 Å². The molecule has 4 aromatic rings. The highest BCUT2D eigenvalue weighted by Crippen LogP contribution is 2.31. The van der Waals surface area contributed by atoms with Gasteiger partial charge in [-0.15, -0.1) is 0 Å². The largest absolute Gasteiger partial charge is 0.383 e. The summed E-state index contributed by atoms with van der Waals surface area (Å²) < 4.78 is 3.74.